The maximum Gasteiger partial charge on any atom is 0.277 e. The maximum absolute atomic E-state index is 11.6. The number of amides is 1. The lowest BCUT2D eigenvalue weighted by molar-refractivity contribution is -0.123. The molecular formula is C16H14Cl2N2O3. The van der Waals surface area contributed by atoms with E-state index < -0.39 is 5.91 Å². The zero-order valence-corrected chi connectivity index (χ0v) is 13.7. The standard InChI is InChI=1S/C16H14Cl2N2O3/c1-10-6-13(3-4-14(10)18)23-9-16(22)20-19-8-11-7-12(17)2-5-15(11)21/h2-8,21H,9H2,1H3,(H,20,22)/b19-8-. The van der Waals surface area contributed by atoms with Crippen LogP contribution in [0.3, 0.4) is 0 Å². The van der Waals surface area contributed by atoms with Gasteiger partial charge in [0.15, 0.2) is 6.61 Å². The molecule has 0 unspecified atom stereocenters. The van der Waals surface area contributed by atoms with Gasteiger partial charge in [-0.3, -0.25) is 4.79 Å². The minimum atomic E-state index is -0.435. The second-order valence-corrected chi connectivity index (χ2v) is 5.54. The summed E-state index contributed by atoms with van der Waals surface area (Å²) in [5.74, 6) is 0.120. The molecule has 2 aromatic rings. The molecule has 0 atom stereocenters. The fourth-order valence-corrected chi connectivity index (χ4v) is 1.99. The number of aromatic hydroxyl groups is 1. The van der Waals surface area contributed by atoms with Crippen LogP contribution in [0.5, 0.6) is 11.5 Å². The number of phenolic OH excluding ortho intramolecular Hbond substituents is 1. The summed E-state index contributed by atoms with van der Waals surface area (Å²) in [7, 11) is 0. The quantitative estimate of drug-likeness (QED) is 0.638. The van der Waals surface area contributed by atoms with Crippen LogP contribution in [0.2, 0.25) is 10.0 Å². The third kappa shape index (κ3) is 5.16. The highest BCUT2D eigenvalue weighted by molar-refractivity contribution is 6.31. The fourth-order valence-electron chi connectivity index (χ4n) is 1.69. The Morgan fingerprint density at radius 2 is 2.09 bits per heavy atom. The number of rotatable bonds is 5. The van der Waals surface area contributed by atoms with Crippen molar-refractivity contribution in [3.05, 3.63) is 57.6 Å². The number of benzene rings is 2. The van der Waals surface area contributed by atoms with Gasteiger partial charge in [-0.2, -0.15) is 5.10 Å². The Balaban J connectivity index is 1.86. The summed E-state index contributed by atoms with van der Waals surface area (Å²) in [5, 5.41) is 14.4. The van der Waals surface area contributed by atoms with Gasteiger partial charge in [-0.05, 0) is 48.9 Å². The normalized spacial score (nSPS) is 10.7. The summed E-state index contributed by atoms with van der Waals surface area (Å²) >= 11 is 11.7. The smallest absolute Gasteiger partial charge is 0.277 e. The number of carbonyl (C=O) groups is 1. The Morgan fingerprint density at radius 3 is 2.83 bits per heavy atom. The molecule has 5 nitrogen and oxygen atoms in total. The van der Waals surface area contributed by atoms with Crippen LogP contribution in [-0.2, 0) is 4.79 Å². The zero-order chi connectivity index (χ0) is 16.8. The van der Waals surface area contributed by atoms with Gasteiger partial charge in [-0.25, -0.2) is 5.43 Å². The van der Waals surface area contributed by atoms with E-state index in [1.165, 1.54) is 18.3 Å². The number of aryl methyl sites for hydroxylation is 1. The van der Waals surface area contributed by atoms with Crippen LogP contribution in [0.1, 0.15) is 11.1 Å². The first-order valence-electron chi connectivity index (χ1n) is 6.65. The monoisotopic (exact) mass is 352 g/mol. The van der Waals surface area contributed by atoms with Crippen molar-refractivity contribution < 1.29 is 14.6 Å². The molecule has 0 bridgehead atoms. The molecule has 2 N–H and O–H groups in total. The van der Waals surface area contributed by atoms with Crippen molar-refractivity contribution in [1.82, 2.24) is 5.43 Å². The van der Waals surface area contributed by atoms with Crippen molar-refractivity contribution >= 4 is 35.3 Å². The van der Waals surface area contributed by atoms with E-state index in [-0.39, 0.29) is 12.4 Å². The number of hydrogen-bond acceptors (Lipinski definition) is 4. The highest BCUT2D eigenvalue weighted by Gasteiger charge is 2.04. The summed E-state index contributed by atoms with van der Waals surface area (Å²) in [5.41, 5.74) is 3.55. The van der Waals surface area contributed by atoms with E-state index in [1.54, 1.807) is 24.3 Å². The van der Waals surface area contributed by atoms with Gasteiger partial charge in [0.05, 0.1) is 6.21 Å². The van der Waals surface area contributed by atoms with Crippen LogP contribution in [0.25, 0.3) is 0 Å². The number of hydrogen-bond donors (Lipinski definition) is 2. The third-order valence-electron chi connectivity index (χ3n) is 2.88. The van der Waals surface area contributed by atoms with Crippen LogP contribution in [0, 0.1) is 6.92 Å². The molecule has 0 aromatic heterocycles. The first kappa shape index (κ1) is 17.1. The molecule has 0 saturated heterocycles. The van der Waals surface area contributed by atoms with Crippen molar-refractivity contribution in [1.29, 1.82) is 0 Å². The molecule has 2 rings (SSSR count). The predicted octanol–water partition coefficient (Wildman–Crippen LogP) is 3.54. The van der Waals surface area contributed by atoms with Crippen molar-refractivity contribution in [3.8, 4) is 11.5 Å². The average Bonchev–Trinajstić information content (AvgIpc) is 2.52. The van der Waals surface area contributed by atoms with Gasteiger partial charge >= 0.3 is 0 Å². The largest absolute Gasteiger partial charge is 0.507 e. The molecule has 0 saturated carbocycles. The number of nitrogens with zero attached hydrogens (tertiary/aromatic N) is 1. The van der Waals surface area contributed by atoms with Gasteiger partial charge < -0.3 is 9.84 Å². The Bertz CT molecular complexity index is 748. The highest BCUT2D eigenvalue weighted by Crippen LogP contribution is 2.21. The summed E-state index contributed by atoms with van der Waals surface area (Å²) in [6.07, 6.45) is 1.30. The van der Waals surface area contributed by atoms with E-state index in [9.17, 15) is 9.90 Å². The molecule has 0 fully saturated rings. The van der Waals surface area contributed by atoms with Gasteiger partial charge in [0.2, 0.25) is 0 Å². The fraction of sp³-hybridized carbons (Fsp3) is 0.125. The molecule has 23 heavy (non-hydrogen) atoms. The average molecular weight is 353 g/mol. The molecule has 0 aliphatic carbocycles. The molecule has 0 aliphatic rings. The molecular weight excluding hydrogens is 339 g/mol. The first-order valence-corrected chi connectivity index (χ1v) is 7.40. The number of carbonyl (C=O) groups excluding carboxylic acids is 1. The molecule has 0 heterocycles. The second kappa shape index (κ2) is 7.85. The van der Waals surface area contributed by atoms with Gasteiger partial charge in [-0.15, -0.1) is 0 Å². The van der Waals surface area contributed by atoms with Gasteiger partial charge in [0.25, 0.3) is 5.91 Å². The molecule has 0 aliphatic heterocycles. The molecule has 2 aromatic carbocycles. The van der Waals surface area contributed by atoms with Crippen molar-refractivity contribution in [2.75, 3.05) is 6.61 Å². The number of ether oxygens (including phenoxy) is 1. The van der Waals surface area contributed by atoms with Crippen LogP contribution < -0.4 is 10.2 Å². The molecule has 120 valence electrons. The van der Waals surface area contributed by atoms with E-state index >= 15 is 0 Å². The Hall–Kier alpha value is -2.24. The second-order valence-electron chi connectivity index (χ2n) is 4.70. The summed E-state index contributed by atoms with van der Waals surface area (Å²) < 4.78 is 5.33. The van der Waals surface area contributed by atoms with E-state index in [2.05, 4.69) is 10.5 Å². The van der Waals surface area contributed by atoms with Gasteiger partial charge in [-0.1, -0.05) is 23.2 Å². The lowest BCUT2D eigenvalue weighted by atomic mass is 10.2. The zero-order valence-electron chi connectivity index (χ0n) is 12.2. The van der Waals surface area contributed by atoms with E-state index in [4.69, 9.17) is 27.9 Å². The number of halogens is 2. The number of nitrogens with one attached hydrogen (secondary N) is 1. The lowest BCUT2D eigenvalue weighted by Crippen LogP contribution is -2.24. The van der Waals surface area contributed by atoms with Gasteiger partial charge in [0, 0.05) is 15.6 Å². The van der Waals surface area contributed by atoms with Crippen LogP contribution in [-0.4, -0.2) is 23.8 Å². The SMILES string of the molecule is Cc1cc(OCC(=O)N/N=C\c2cc(Cl)ccc2O)ccc1Cl. The van der Waals surface area contributed by atoms with Crippen molar-refractivity contribution in [2.45, 2.75) is 6.92 Å². The van der Waals surface area contributed by atoms with Crippen LogP contribution in [0.15, 0.2) is 41.5 Å². The molecule has 7 heteroatoms. The molecule has 0 spiro atoms. The van der Waals surface area contributed by atoms with E-state index in [1.807, 2.05) is 6.92 Å². The van der Waals surface area contributed by atoms with Crippen molar-refractivity contribution in [2.24, 2.45) is 5.10 Å². The topological polar surface area (TPSA) is 70.9 Å². The summed E-state index contributed by atoms with van der Waals surface area (Å²) in [6.45, 7) is 1.65. The predicted molar refractivity (Wildman–Crippen MR) is 90.5 cm³/mol. The lowest BCUT2D eigenvalue weighted by Gasteiger charge is -2.06. The number of phenols is 1. The Kier molecular flexibility index (Phi) is 5.84. The Labute approximate surface area is 143 Å². The van der Waals surface area contributed by atoms with E-state index in [0.717, 1.165) is 5.56 Å². The molecule has 1 amide bonds. The van der Waals surface area contributed by atoms with Gasteiger partial charge in [0.1, 0.15) is 11.5 Å². The summed E-state index contributed by atoms with van der Waals surface area (Å²) in [6, 6.07) is 9.63. The van der Waals surface area contributed by atoms with Crippen LogP contribution >= 0.6 is 23.2 Å². The Morgan fingerprint density at radius 1 is 1.30 bits per heavy atom. The third-order valence-corrected chi connectivity index (χ3v) is 3.54. The number of hydrazone groups is 1. The minimum Gasteiger partial charge on any atom is -0.507 e. The minimum absolute atomic E-state index is 0.0142. The highest BCUT2D eigenvalue weighted by atomic mass is 35.5. The van der Waals surface area contributed by atoms with Crippen molar-refractivity contribution in [3.63, 3.8) is 0 Å². The van der Waals surface area contributed by atoms with Crippen LogP contribution in [0.4, 0.5) is 0 Å². The maximum atomic E-state index is 11.6. The van der Waals surface area contributed by atoms with E-state index in [0.29, 0.717) is 21.4 Å². The molecule has 0 radical (unpaired) electrons. The summed E-state index contributed by atoms with van der Waals surface area (Å²) in [4.78, 5) is 11.6. The first-order chi connectivity index (χ1) is 11.0.